The number of carboxylic acids is 1. The van der Waals surface area contributed by atoms with Crippen molar-refractivity contribution in [2.24, 2.45) is 0 Å². The van der Waals surface area contributed by atoms with E-state index in [-0.39, 0.29) is 18.9 Å². The van der Waals surface area contributed by atoms with E-state index in [4.69, 9.17) is 21.7 Å². The van der Waals surface area contributed by atoms with Crippen molar-refractivity contribution in [1.29, 1.82) is 0 Å². The lowest BCUT2D eigenvalue weighted by Crippen LogP contribution is -2.30. The second-order valence-electron chi connectivity index (χ2n) is 4.92. The fourth-order valence-corrected chi connectivity index (χ4v) is 3.47. The first kappa shape index (κ1) is 18.3. The predicted octanol–water partition coefficient (Wildman–Crippen LogP) is 1.44. The Bertz CT molecular complexity index is 702. The number of nitrogens with zero attached hydrogens (tertiary/aromatic N) is 1. The Balaban J connectivity index is 2.20. The number of rotatable bonds is 7. The lowest BCUT2D eigenvalue weighted by molar-refractivity contribution is -0.305. The molecule has 128 valence electrons. The van der Waals surface area contributed by atoms with E-state index in [1.165, 1.54) is 16.7 Å². The Morgan fingerprint density at radius 2 is 2.12 bits per heavy atom. The molecule has 1 saturated heterocycles. The number of ether oxygens (including phenoxy) is 2. The molecule has 1 heterocycles. The van der Waals surface area contributed by atoms with E-state index in [1.54, 1.807) is 38.5 Å². The van der Waals surface area contributed by atoms with Crippen molar-refractivity contribution in [3.05, 3.63) is 28.7 Å². The van der Waals surface area contributed by atoms with Gasteiger partial charge in [-0.1, -0.05) is 24.0 Å². The highest BCUT2D eigenvalue weighted by Gasteiger charge is 2.31. The summed E-state index contributed by atoms with van der Waals surface area (Å²) in [7, 11) is 3.10. The Morgan fingerprint density at radius 1 is 1.38 bits per heavy atom. The molecule has 0 saturated carbocycles. The van der Waals surface area contributed by atoms with Crippen molar-refractivity contribution in [2.45, 2.75) is 12.8 Å². The molecule has 0 aromatic heterocycles. The van der Waals surface area contributed by atoms with Crippen LogP contribution in [0, 0.1) is 0 Å². The maximum Gasteiger partial charge on any atom is 0.266 e. The number of thiocarbonyl (C=S) groups is 1. The second kappa shape index (κ2) is 8.16. The first-order chi connectivity index (χ1) is 11.5. The largest absolute Gasteiger partial charge is 0.550 e. The number of aliphatic carboxylic acids is 1. The lowest BCUT2D eigenvalue weighted by atomic mass is 10.1. The molecule has 1 aliphatic heterocycles. The number of amides is 1. The van der Waals surface area contributed by atoms with Crippen LogP contribution >= 0.6 is 24.0 Å². The summed E-state index contributed by atoms with van der Waals surface area (Å²) in [4.78, 5) is 24.8. The van der Waals surface area contributed by atoms with Crippen molar-refractivity contribution < 1.29 is 24.2 Å². The van der Waals surface area contributed by atoms with Gasteiger partial charge in [-0.2, -0.15) is 0 Å². The number of carbonyl (C=O) groups is 2. The van der Waals surface area contributed by atoms with E-state index >= 15 is 0 Å². The molecule has 0 atom stereocenters. The molecular formula is C16H16NO5S2-. The fraction of sp³-hybridized carbons (Fsp3) is 0.312. The zero-order valence-corrected chi connectivity index (χ0v) is 14.9. The summed E-state index contributed by atoms with van der Waals surface area (Å²) in [6.45, 7) is 0.255. The van der Waals surface area contributed by atoms with Gasteiger partial charge in [0.05, 0.1) is 19.1 Å². The van der Waals surface area contributed by atoms with Crippen molar-refractivity contribution >= 4 is 46.3 Å². The van der Waals surface area contributed by atoms with Crippen LogP contribution in [0.5, 0.6) is 11.5 Å². The number of benzene rings is 1. The quantitative estimate of drug-likeness (QED) is 0.534. The van der Waals surface area contributed by atoms with Crippen LogP contribution < -0.4 is 14.6 Å². The molecule has 2 rings (SSSR count). The minimum absolute atomic E-state index is 0.111. The molecule has 1 fully saturated rings. The molecule has 1 amide bonds. The van der Waals surface area contributed by atoms with Gasteiger partial charge in [0.15, 0.2) is 0 Å². The monoisotopic (exact) mass is 366 g/mol. The highest BCUT2D eigenvalue weighted by atomic mass is 32.2. The van der Waals surface area contributed by atoms with Crippen molar-refractivity contribution in [3.63, 3.8) is 0 Å². The van der Waals surface area contributed by atoms with Crippen molar-refractivity contribution in [3.8, 4) is 11.5 Å². The number of hydrogen-bond acceptors (Lipinski definition) is 7. The summed E-state index contributed by atoms with van der Waals surface area (Å²) >= 11 is 6.39. The second-order valence-corrected chi connectivity index (χ2v) is 6.59. The minimum atomic E-state index is -1.14. The number of carboxylic acid groups (broad SMARTS) is 1. The van der Waals surface area contributed by atoms with Crippen LogP contribution in [0.3, 0.4) is 0 Å². The number of hydrogen-bond donors (Lipinski definition) is 0. The van der Waals surface area contributed by atoms with Crippen LogP contribution in [0.4, 0.5) is 0 Å². The molecule has 0 bridgehead atoms. The smallest absolute Gasteiger partial charge is 0.266 e. The topological polar surface area (TPSA) is 78.9 Å². The highest BCUT2D eigenvalue weighted by molar-refractivity contribution is 8.26. The van der Waals surface area contributed by atoms with Crippen LogP contribution in [0.1, 0.15) is 18.4 Å². The van der Waals surface area contributed by atoms with Gasteiger partial charge in [-0.3, -0.25) is 9.69 Å². The van der Waals surface area contributed by atoms with Crippen LogP contribution in [0.15, 0.2) is 23.1 Å². The van der Waals surface area contributed by atoms with E-state index in [2.05, 4.69) is 0 Å². The Kier molecular flexibility index (Phi) is 6.22. The van der Waals surface area contributed by atoms with Gasteiger partial charge < -0.3 is 19.4 Å². The number of thioether (sulfide) groups is 1. The normalized spacial score (nSPS) is 15.9. The van der Waals surface area contributed by atoms with Crippen LogP contribution in [0.2, 0.25) is 0 Å². The van der Waals surface area contributed by atoms with E-state index in [0.717, 1.165) is 0 Å². The Morgan fingerprint density at radius 3 is 2.75 bits per heavy atom. The zero-order chi connectivity index (χ0) is 17.7. The van der Waals surface area contributed by atoms with Gasteiger partial charge in [-0.15, -0.1) is 0 Å². The summed E-state index contributed by atoms with van der Waals surface area (Å²) in [5.41, 5.74) is 0.701. The Labute approximate surface area is 149 Å². The van der Waals surface area contributed by atoms with Crippen molar-refractivity contribution in [1.82, 2.24) is 4.90 Å². The lowest BCUT2D eigenvalue weighted by Gasteiger charge is -2.14. The van der Waals surface area contributed by atoms with Gasteiger partial charge in [0.2, 0.25) is 0 Å². The predicted molar refractivity (Wildman–Crippen MR) is 93.7 cm³/mol. The summed E-state index contributed by atoms with van der Waals surface area (Å²) in [6, 6.07) is 5.29. The van der Waals surface area contributed by atoms with Gasteiger partial charge in [-0.25, -0.2) is 0 Å². The average Bonchev–Trinajstić information content (AvgIpc) is 2.81. The molecule has 0 spiro atoms. The molecule has 1 aromatic rings. The SMILES string of the molecule is COc1ccc(OC)c(/C=C2/SC(=S)N(CCCC(=O)[O-])C2=O)c1. The van der Waals surface area contributed by atoms with Gasteiger partial charge in [0.25, 0.3) is 5.91 Å². The third-order valence-electron chi connectivity index (χ3n) is 3.36. The molecule has 0 N–H and O–H groups in total. The van der Waals surface area contributed by atoms with Gasteiger partial charge in [0, 0.05) is 18.1 Å². The zero-order valence-electron chi connectivity index (χ0n) is 13.2. The van der Waals surface area contributed by atoms with Crippen LogP contribution in [0.25, 0.3) is 6.08 Å². The molecule has 24 heavy (non-hydrogen) atoms. The summed E-state index contributed by atoms with van der Waals surface area (Å²) in [5.74, 6) is -0.130. The molecule has 0 radical (unpaired) electrons. The first-order valence-corrected chi connectivity index (χ1v) is 8.36. The third kappa shape index (κ3) is 4.27. The van der Waals surface area contributed by atoms with E-state index in [9.17, 15) is 14.7 Å². The van der Waals surface area contributed by atoms with Gasteiger partial charge >= 0.3 is 0 Å². The summed E-state index contributed by atoms with van der Waals surface area (Å²) < 4.78 is 10.9. The molecule has 0 aliphatic carbocycles. The average molecular weight is 366 g/mol. The van der Waals surface area contributed by atoms with Gasteiger partial charge in [-0.05, 0) is 37.1 Å². The number of methoxy groups -OCH3 is 2. The fourth-order valence-electron chi connectivity index (χ4n) is 2.17. The van der Waals surface area contributed by atoms with E-state index in [1.807, 2.05) is 0 Å². The summed E-state index contributed by atoms with van der Waals surface area (Å²) in [5, 5.41) is 10.5. The van der Waals surface area contributed by atoms with Crippen LogP contribution in [-0.2, 0) is 9.59 Å². The molecular weight excluding hydrogens is 350 g/mol. The van der Waals surface area contributed by atoms with Gasteiger partial charge in [0.1, 0.15) is 15.8 Å². The molecule has 1 aliphatic rings. The van der Waals surface area contributed by atoms with E-state index in [0.29, 0.717) is 32.7 Å². The maximum absolute atomic E-state index is 12.5. The molecule has 8 heteroatoms. The maximum atomic E-state index is 12.5. The minimum Gasteiger partial charge on any atom is -0.550 e. The molecule has 6 nitrogen and oxygen atoms in total. The van der Waals surface area contributed by atoms with Crippen LogP contribution in [-0.4, -0.2) is 41.9 Å². The molecule has 0 unspecified atom stereocenters. The highest BCUT2D eigenvalue weighted by Crippen LogP contribution is 2.35. The molecule has 1 aromatic carbocycles. The van der Waals surface area contributed by atoms with Crippen molar-refractivity contribution in [2.75, 3.05) is 20.8 Å². The van der Waals surface area contributed by atoms with E-state index < -0.39 is 5.97 Å². The summed E-state index contributed by atoms with van der Waals surface area (Å²) in [6.07, 6.45) is 1.88. The standard InChI is InChI=1S/C16H17NO5S2/c1-21-11-5-6-12(22-2)10(8-11)9-13-15(20)17(16(23)24-13)7-3-4-14(18)19/h5-6,8-9H,3-4,7H2,1-2H3,(H,18,19)/p-1/b13-9+. The Hall–Kier alpha value is -2.06. The first-order valence-electron chi connectivity index (χ1n) is 7.13. The third-order valence-corrected chi connectivity index (χ3v) is 4.74. The number of carbonyl (C=O) groups excluding carboxylic acids is 2.